The number of pyridine rings is 1. The lowest BCUT2D eigenvalue weighted by atomic mass is 10.1. The smallest absolute Gasteiger partial charge is 0.270 e. The zero-order chi connectivity index (χ0) is 18.2. The number of aromatic amines is 1. The van der Waals surface area contributed by atoms with Crippen molar-refractivity contribution < 1.29 is 9.53 Å². The first-order chi connectivity index (χ1) is 12.7. The van der Waals surface area contributed by atoms with Gasteiger partial charge in [-0.2, -0.15) is 5.10 Å². The van der Waals surface area contributed by atoms with Gasteiger partial charge in [0.05, 0.1) is 18.4 Å². The molecule has 2 N–H and O–H groups in total. The summed E-state index contributed by atoms with van der Waals surface area (Å²) in [5.41, 5.74) is 3.00. The number of hydrogen-bond acceptors (Lipinski definition) is 4. The Labute approximate surface area is 151 Å². The summed E-state index contributed by atoms with van der Waals surface area (Å²) in [6.07, 6.45) is 1.65. The molecule has 26 heavy (non-hydrogen) atoms. The monoisotopic (exact) mass is 346 g/mol. The highest BCUT2D eigenvalue weighted by molar-refractivity contribution is 5.93. The average Bonchev–Trinajstić information content (AvgIpc) is 3.17. The zero-order valence-corrected chi connectivity index (χ0v) is 14.3. The molecule has 2 heterocycles. The molecule has 1 amide bonds. The Hall–Kier alpha value is -3.59. The van der Waals surface area contributed by atoms with Gasteiger partial charge in [-0.25, -0.2) is 0 Å². The van der Waals surface area contributed by atoms with Crippen molar-refractivity contribution in [3.05, 3.63) is 66.1 Å². The molecule has 0 aliphatic heterocycles. The van der Waals surface area contributed by atoms with Crippen LogP contribution in [0.2, 0.25) is 0 Å². The Balaban J connectivity index is 1.45. The topological polar surface area (TPSA) is 79.9 Å². The second kappa shape index (κ2) is 8.49. The first-order valence-electron chi connectivity index (χ1n) is 8.12. The van der Waals surface area contributed by atoms with Crippen molar-refractivity contribution in [3.8, 4) is 28.8 Å². The molecule has 3 rings (SSSR count). The van der Waals surface area contributed by atoms with E-state index in [0.717, 1.165) is 17.0 Å². The summed E-state index contributed by atoms with van der Waals surface area (Å²) >= 11 is 0. The number of carbonyl (C=O) groups is 1. The maximum absolute atomic E-state index is 12.1. The number of benzene rings is 1. The van der Waals surface area contributed by atoms with Crippen molar-refractivity contribution in [2.45, 2.75) is 6.92 Å². The summed E-state index contributed by atoms with van der Waals surface area (Å²) in [5, 5.41) is 9.62. The summed E-state index contributed by atoms with van der Waals surface area (Å²) < 4.78 is 5.44. The van der Waals surface area contributed by atoms with Crippen LogP contribution < -0.4 is 10.1 Å². The number of amides is 1. The van der Waals surface area contributed by atoms with Crippen LogP contribution in [0.5, 0.6) is 5.75 Å². The molecule has 3 aromatic rings. The lowest BCUT2D eigenvalue weighted by Crippen LogP contribution is -2.24. The molecule has 130 valence electrons. The minimum absolute atomic E-state index is 0.230. The Bertz CT molecular complexity index is 922. The van der Waals surface area contributed by atoms with Gasteiger partial charge in [-0.3, -0.25) is 14.9 Å². The quantitative estimate of drug-likeness (QED) is 0.696. The van der Waals surface area contributed by atoms with Gasteiger partial charge in [0.15, 0.2) is 0 Å². The highest BCUT2D eigenvalue weighted by Gasteiger charge is 2.09. The van der Waals surface area contributed by atoms with Crippen LogP contribution in [0, 0.1) is 18.8 Å². The third kappa shape index (κ3) is 4.71. The number of H-pyrrole nitrogens is 1. The molecule has 0 fully saturated rings. The lowest BCUT2D eigenvalue weighted by molar-refractivity contribution is 0.0953. The molecule has 2 aromatic heterocycles. The largest absolute Gasteiger partial charge is 0.479 e. The van der Waals surface area contributed by atoms with Crippen molar-refractivity contribution in [1.82, 2.24) is 20.5 Å². The number of hydrogen-bond donors (Lipinski definition) is 2. The summed E-state index contributed by atoms with van der Waals surface area (Å²) in [6.45, 7) is 2.38. The Kier molecular flexibility index (Phi) is 5.63. The van der Waals surface area contributed by atoms with Gasteiger partial charge in [-0.1, -0.05) is 42.2 Å². The fourth-order valence-corrected chi connectivity index (χ4v) is 2.19. The number of nitrogens with one attached hydrogen (secondary N) is 2. The van der Waals surface area contributed by atoms with Gasteiger partial charge in [0.2, 0.25) is 0 Å². The van der Waals surface area contributed by atoms with E-state index >= 15 is 0 Å². The molecule has 0 aliphatic rings. The van der Waals surface area contributed by atoms with Crippen molar-refractivity contribution >= 4 is 5.91 Å². The van der Waals surface area contributed by atoms with E-state index in [2.05, 4.69) is 32.3 Å². The first-order valence-corrected chi connectivity index (χ1v) is 8.12. The third-order valence-electron chi connectivity index (χ3n) is 3.55. The van der Waals surface area contributed by atoms with Gasteiger partial charge in [0, 0.05) is 11.3 Å². The van der Waals surface area contributed by atoms with Gasteiger partial charge >= 0.3 is 0 Å². The molecular formula is C20H18N4O2. The molecule has 0 saturated heterocycles. The Morgan fingerprint density at radius 3 is 2.81 bits per heavy atom. The number of rotatable bonds is 5. The molecule has 0 unspecified atom stereocenters. The molecule has 0 spiro atoms. The van der Waals surface area contributed by atoms with Gasteiger partial charge in [0.1, 0.15) is 18.1 Å². The van der Waals surface area contributed by atoms with Gasteiger partial charge in [0.25, 0.3) is 5.91 Å². The minimum atomic E-state index is -0.252. The predicted molar refractivity (Wildman–Crippen MR) is 98.6 cm³/mol. The van der Waals surface area contributed by atoms with Crippen molar-refractivity contribution in [1.29, 1.82) is 0 Å². The van der Waals surface area contributed by atoms with Crippen LogP contribution in [0.25, 0.3) is 11.3 Å². The number of carbonyl (C=O) groups excluding carboxylic acids is 1. The normalized spacial score (nSPS) is 9.88. The van der Waals surface area contributed by atoms with Crippen LogP contribution in [-0.2, 0) is 0 Å². The molecule has 0 aliphatic carbocycles. The maximum atomic E-state index is 12.1. The van der Waals surface area contributed by atoms with Gasteiger partial charge < -0.3 is 10.1 Å². The van der Waals surface area contributed by atoms with E-state index in [0.29, 0.717) is 11.4 Å². The fraction of sp³-hybridized carbons (Fsp3) is 0.150. The van der Waals surface area contributed by atoms with E-state index in [1.165, 1.54) is 0 Å². The molecule has 0 radical (unpaired) electrons. The van der Waals surface area contributed by atoms with Crippen molar-refractivity contribution in [3.63, 3.8) is 0 Å². The zero-order valence-electron chi connectivity index (χ0n) is 14.3. The van der Waals surface area contributed by atoms with Crippen LogP contribution >= 0.6 is 0 Å². The molecule has 0 atom stereocenters. The van der Waals surface area contributed by atoms with E-state index < -0.39 is 0 Å². The highest BCUT2D eigenvalue weighted by atomic mass is 16.5. The number of aryl methyl sites for hydroxylation is 1. The standard InChI is InChI=1S/C20H18N4O2/c1-15-9-10-17(14-22-15)26-12-6-5-11-21-20(25)19-13-18(23-24-19)16-7-3-2-4-8-16/h2-4,7-10,13-14H,11-12H2,1H3,(H,21,25)(H,23,24). The SMILES string of the molecule is Cc1ccc(OCC#CCNC(=O)c2cc(-c3ccccc3)n[nH]2)cn1. The number of aromatic nitrogens is 3. The van der Waals surface area contributed by atoms with Crippen LogP contribution in [-0.4, -0.2) is 34.2 Å². The number of ether oxygens (including phenoxy) is 1. The molecule has 6 heteroatoms. The van der Waals surface area contributed by atoms with Crippen LogP contribution in [0.3, 0.4) is 0 Å². The van der Waals surface area contributed by atoms with Crippen LogP contribution in [0.15, 0.2) is 54.7 Å². The van der Waals surface area contributed by atoms with E-state index in [-0.39, 0.29) is 19.1 Å². The number of nitrogens with zero attached hydrogens (tertiary/aromatic N) is 2. The molecule has 0 saturated carbocycles. The Morgan fingerprint density at radius 1 is 1.19 bits per heavy atom. The average molecular weight is 346 g/mol. The van der Waals surface area contributed by atoms with E-state index in [1.807, 2.05) is 49.4 Å². The predicted octanol–water partition coefficient (Wildman–Crippen LogP) is 2.59. The summed E-state index contributed by atoms with van der Waals surface area (Å²) in [7, 11) is 0. The second-order valence-electron chi connectivity index (χ2n) is 5.49. The Morgan fingerprint density at radius 2 is 2.04 bits per heavy atom. The van der Waals surface area contributed by atoms with Crippen LogP contribution in [0.1, 0.15) is 16.2 Å². The van der Waals surface area contributed by atoms with Crippen molar-refractivity contribution in [2.24, 2.45) is 0 Å². The van der Waals surface area contributed by atoms with Gasteiger partial charge in [-0.05, 0) is 25.1 Å². The van der Waals surface area contributed by atoms with E-state index in [4.69, 9.17) is 4.74 Å². The third-order valence-corrected chi connectivity index (χ3v) is 3.55. The lowest BCUT2D eigenvalue weighted by Gasteiger charge is -2.01. The minimum Gasteiger partial charge on any atom is -0.479 e. The van der Waals surface area contributed by atoms with Crippen molar-refractivity contribution in [2.75, 3.05) is 13.2 Å². The van der Waals surface area contributed by atoms with Crippen LogP contribution in [0.4, 0.5) is 0 Å². The summed E-state index contributed by atoms with van der Waals surface area (Å²) in [4.78, 5) is 16.2. The summed E-state index contributed by atoms with van der Waals surface area (Å²) in [5.74, 6) is 6.10. The van der Waals surface area contributed by atoms with E-state index in [1.54, 1.807) is 12.3 Å². The molecule has 6 nitrogen and oxygen atoms in total. The second-order valence-corrected chi connectivity index (χ2v) is 5.49. The van der Waals surface area contributed by atoms with Gasteiger partial charge in [-0.15, -0.1) is 0 Å². The first kappa shape index (κ1) is 17.2. The molecule has 1 aromatic carbocycles. The molecular weight excluding hydrogens is 328 g/mol. The molecule has 0 bridgehead atoms. The summed E-state index contributed by atoms with van der Waals surface area (Å²) in [6, 6.07) is 15.1. The maximum Gasteiger partial charge on any atom is 0.270 e. The van der Waals surface area contributed by atoms with E-state index in [9.17, 15) is 4.79 Å². The fourth-order valence-electron chi connectivity index (χ4n) is 2.19. The highest BCUT2D eigenvalue weighted by Crippen LogP contribution is 2.16.